The number of nitro groups is 1. The van der Waals surface area contributed by atoms with Gasteiger partial charge in [-0.2, -0.15) is 0 Å². The van der Waals surface area contributed by atoms with Gasteiger partial charge in [-0.05, 0) is 104 Å². The molecule has 0 aromatic heterocycles. The predicted molar refractivity (Wildman–Crippen MR) is 127 cm³/mol. The third kappa shape index (κ3) is 3.05. The summed E-state index contributed by atoms with van der Waals surface area (Å²) in [5, 5.41) is 21.3. The molecule has 0 unspecified atom stereocenters. The summed E-state index contributed by atoms with van der Waals surface area (Å²) >= 11 is 0. The van der Waals surface area contributed by atoms with Crippen molar-refractivity contribution >= 4 is 0 Å². The Balaban J connectivity index is 1.29. The SMILES string of the molecule is C[C@H]1C=C(N[N+](=O)[O-])[C@@]2(OC1)O[C@H]1C[C@H]3[C@@H]4CC[C@@H]5C[C@@H](O)CC[C@]5(C)[C@H]4CC[C@]3(C)[C@H]1[C@@H]2C. The van der Waals surface area contributed by atoms with Gasteiger partial charge in [0.15, 0.2) is 5.03 Å². The molecule has 6 rings (SSSR count). The van der Waals surface area contributed by atoms with Crippen LogP contribution >= 0.6 is 0 Å². The molecule has 1 spiro atoms. The van der Waals surface area contributed by atoms with E-state index >= 15 is 0 Å². The van der Waals surface area contributed by atoms with E-state index in [0.29, 0.717) is 35.5 Å². The van der Waals surface area contributed by atoms with Gasteiger partial charge in [0, 0.05) is 5.92 Å². The average Bonchev–Trinajstić information content (AvgIpc) is 3.22. The summed E-state index contributed by atoms with van der Waals surface area (Å²) < 4.78 is 13.1. The Morgan fingerprint density at radius 1 is 1.09 bits per heavy atom. The van der Waals surface area contributed by atoms with E-state index in [9.17, 15) is 15.2 Å². The Bertz CT molecular complexity index is 894. The molecule has 34 heavy (non-hydrogen) atoms. The number of hydrogen-bond acceptors (Lipinski definition) is 5. The zero-order chi connectivity index (χ0) is 24.0. The van der Waals surface area contributed by atoms with E-state index in [1.807, 2.05) is 13.0 Å². The molecule has 190 valence electrons. The molecule has 12 atom stereocenters. The number of aliphatic hydroxyl groups is 1. The fourth-order valence-corrected chi connectivity index (χ4v) is 10.3. The van der Waals surface area contributed by atoms with Crippen LogP contribution in [0.4, 0.5) is 0 Å². The zero-order valence-electron chi connectivity index (χ0n) is 21.2. The number of rotatable bonds is 2. The number of fused-ring (bicyclic) bond motifs is 7. The molecule has 2 N–H and O–H groups in total. The lowest BCUT2D eigenvalue weighted by atomic mass is 9.44. The van der Waals surface area contributed by atoms with Crippen molar-refractivity contribution in [2.24, 2.45) is 52.3 Å². The van der Waals surface area contributed by atoms with Crippen LogP contribution in [0.3, 0.4) is 0 Å². The lowest BCUT2D eigenvalue weighted by Crippen LogP contribution is -2.55. The first-order valence-electron chi connectivity index (χ1n) is 13.7. The minimum atomic E-state index is -1.02. The van der Waals surface area contributed by atoms with Crippen LogP contribution in [0.2, 0.25) is 0 Å². The van der Waals surface area contributed by atoms with Crippen LogP contribution in [0.5, 0.6) is 0 Å². The van der Waals surface area contributed by atoms with E-state index in [1.165, 1.54) is 32.1 Å². The second kappa shape index (κ2) is 7.66. The monoisotopic (exact) mass is 474 g/mol. The van der Waals surface area contributed by atoms with Crippen LogP contribution in [0.1, 0.15) is 79.1 Å². The summed E-state index contributed by atoms with van der Waals surface area (Å²) in [5.41, 5.74) is 3.48. The minimum Gasteiger partial charge on any atom is -0.393 e. The molecular formula is C27H42N2O5. The van der Waals surface area contributed by atoms with Gasteiger partial charge >= 0.3 is 0 Å². The van der Waals surface area contributed by atoms with Crippen LogP contribution in [-0.2, 0) is 9.47 Å². The van der Waals surface area contributed by atoms with Gasteiger partial charge in [0.1, 0.15) is 5.70 Å². The van der Waals surface area contributed by atoms with E-state index in [0.717, 1.165) is 31.1 Å². The van der Waals surface area contributed by atoms with Gasteiger partial charge in [0.25, 0.3) is 0 Å². The molecule has 4 aliphatic carbocycles. The van der Waals surface area contributed by atoms with Gasteiger partial charge in [0.05, 0.1) is 18.8 Å². The van der Waals surface area contributed by atoms with Crippen molar-refractivity contribution in [1.82, 2.24) is 5.43 Å². The maximum absolute atomic E-state index is 11.4. The predicted octanol–water partition coefficient (Wildman–Crippen LogP) is 4.68. The fourth-order valence-electron chi connectivity index (χ4n) is 10.3. The van der Waals surface area contributed by atoms with Crippen LogP contribution in [0.25, 0.3) is 0 Å². The Kier molecular flexibility index (Phi) is 5.23. The third-order valence-corrected chi connectivity index (χ3v) is 11.8. The second-order valence-corrected chi connectivity index (χ2v) is 13.2. The van der Waals surface area contributed by atoms with Crippen molar-refractivity contribution < 1.29 is 19.6 Å². The Morgan fingerprint density at radius 3 is 2.62 bits per heavy atom. The van der Waals surface area contributed by atoms with Gasteiger partial charge in [-0.3, -0.25) is 0 Å². The summed E-state index contributed by atoms with van der Waals surface area (Å²) in [5.74, 6) is 2.29. The highest BCUT2D eigenvalue weighted by Gasteiger charge is 2.70. The zero-order valence-corrected chi connectivity index (χ0v) is 21.2. The standard InChI is InChI=1S/C27H42N2O5/c1-15-11-23(28-29(31)32)27(33-14-15)16(2)24-22(34-27)13-21-19-6-5-17-12-18(30)7-9-25(17,3)20(19)8-10-26(21,24)4/h11,15-22,24,28,30H,5-10,12-14H2,1-4H3/t15-,16-,17+,18-,19+,20-,21-,22-,24-,25-,26-,27-/m0/s1. The molecule has 7 heteroatoms. The van der Waals surface area contributed by atoms with Gasteiger partial charge in [0.2, 0.25) is 5.79 Å². The molecule has 0 aromatic carbocycles. The van der Waals surface area contributed by atoms with Crippen LogP contribution in [0.15, 0.2) is 11.8 Å². The van der Waals surface area contributed by atoms with Crippen molar-refractivity contribution in [1.29, 1.82) is 0 Å². The molecule has 0 aromatic rings. The lowest BCUT2D eigenvalue weighted by Gasteiger charge is -2.61. The molecule has 2 aliphatic heterocycles. The number of ether oxygens (including phenoxy) is 2. The highest BCUT2D eigenvalue weighted by molar-refractivity contribution is 5.24. The van der Waals surface area contributed by atoms with Crippen molar-refractivity contribution in [3.63, 3.8) is 0 Å². The summed E-state index contributed by atoms with van der Waals surface area (Å²) in [4.78, 5) is 11.4. The summed E-state index contributed by atoms with van der Waals surface area (Å²) in [6.45, 7) is 9.78. The van der Waals surface area contributed by atoms with Gasteiger partial charge in [-0.1, -0.05) is 27.7 Å². The van der Waals surface area contributed by atoms with Crippen LogP contribution < -0.4 is 5.43 Å². The fraction of sp³-hybridized carbons (Fsp3) is 0.926. The number of hydrazine groups is 1. The smallest absolute Gasteiger partial charge is 0.218 e. The summed E-state index contributed by atoms with van der Waals surface area (Å²) in [7, 11) is 0. The summed E-state index contributed by atoms with van der Waals surface area (Å²) in [6, 6.07) is 0. The number of aliphatic hydroxyl groups excluding tert-OH is 1. The molecule has 0 bridgehead atoms. The first kappa shape index (κ1) is 23.2. The maximum atomic E-state index is 11.4. The van der Waals surface area contributed by atoms with Gasteiger partial charge < -0.3 is 14.6 Å². The quantitative estimate of drug-likeness (QED) is 0.446. The van der Waals surface area contributed by atoms with Crippen molar-refractivity contribution in [3.8, 4) is 0 Å². The Labute approximate surface area is 203 Å². The molecule has 7 nitrogen and oxygen atoms in total. The van der Waals surface area contributed by atoms with E-state index in [-0.39, 0.29) is 29.5 Å². The third-order valence-electron chi connectivity index (χ3n) is 11.8. The molecule has 5 fully saturated rings. The number of nitrogens with zero attached hydrogens (tertiary/aromatic N) is 1. The Hall–Kier alpha value is -1.18. The largest absolute Gasteiger partial charge is 0.393 e. The molecule has 1 saturated heterocycles. The van der Waals surface area contributed by atoms with E-state index in [4.69, 9.17) is 9.47 Å². The summed E-state index contributed by atoms with van der Waals surface area (Å²) in [6.07, 6.45) is 11.1. The van der Waals surface area contributed by atoms with E-state index in [1.54, 1.807) is 0 Å². The minimum absolute atomic E-state index is 0.0620. The highest BCUT2D eigenvalue weighted by Crippen LogP contribution is 2.71. The molecule has 4 saturated carbocycles. The molecule has 6 aliphatic rings. The van der Waals surface area contributed by atoms with Crippen LogP contribution in [0, 0.1) is 62.4 Å². The number of hydrogen-bond donors (Lipinski definition) is 2. The topological polar surface area (TPSA) is 93.9 Å². The van der Waals surface area contributed by atoms with Gasteiger partial charge in [-0.25, -0.2) is 10.1 Å². The average molecular weight is 475 g/mol. The van der Waals surface area contributed by atoms with E-state index in [2.05, 4.69) is 26.2 Å². The lowest BCUT2D eigenvalue weighted by molar-refractivity contribution is -0.541. The maximum Gasteiger partial charge on any atom is 0.218 e. The first-order chi connectivity index (χ1) is 16.1. The Morgan fingerprint density at radius 2 is 1.85 bits per heavy atom. The van der Waals surface area contributed by atoms with Crippen molar-refractivity contribution in [2.75, 3.05) is 6.61 Å². The molecule has 0 amide bonds. The second-order valence-electron chi connectivity index (χ2n) is 13.2. The highest BCUT2D eigenvalue weighted by atomic mass is 16.7. The molecular weight excluding hydrogens is 432 g/mol. The van der Waals surface area contributed by atoms with Gasteiger partial charge in [-0.15, -0.1) is 5.43 Å². The molecule has 0 radical (unpaired) electrons. The van der Waals surface area contributed by atoms with Crippen molar-refractivity contribution in [3.05, 3.63) is 21.9 Å². The van der Waals surface area contributed by atoms with Crippen molar-refractivity contribution in [2.45, 2.75) is 97.1 Å². The van der Waals surface area contributed by atoms with E-state index < -0.39 is 10.8 Å². The van der Waals surface area contributed by atoms with Crippen LogP contribution in [-0.4, -0.2) is 34.7 Å². The number of nitrogens with one attached hydrogen (secondary N) is 1. The normalized spacial score (nSPS) is 56.1. The first-order valence-corrected chi connectivity index (χ1v) is 13.7. The molecule has 2 heterocycles.